The number of carbonyl (C=O) groups excluding carboxylic acids is 1. The Kier molecular flexibility index (Phi) is 7.76. The standard InChI is InChI=1S/C25H34F2N6O2S/c1-32-29-16-19(31-32)12-23(34)28-15-18-4-2-17(3-5-18)6-9-33-10-7-21-22(8-11-33)36-24(30-21)35-20-13-25(26,27)14-20/h15-18,20H,2-14H2,1H3/b28-15+. The van der Waals surface area contributed by atoms with E-state index in [-0.39, 0.29) is 25.2 Å². The van der Waals surface area contributed by atoms with Gasteiger partial charge in [0.25, 0.3) is 17.0 Å². The van der Waals surface area contributed by atoms with E-state index in [0.717, 1.165) is 56.9 Å². The molecule has 0 spiro atoms. The van der Waals surface area contributed by atoms with Crippen LogP contribution in [0.1, 0.15) is 61.2 Å². The van der Waals surface area contributed by atoms with Gasteiger partial charge in [-0.3, -0.25) is 4.79 Å². The highest BCUT2D eigenvalue weighted by atomic mass is 32.1. The smallest absolute Gasteiger partial charge is 0.273 e. The first-order chi connectivity index (χ1) is 17.3. The monoisotopic (exact) mass is 520 g/mol. The Bertz CT molecular complexity index is 1050. The first-order valence-electron chi connectivity index (χ1n) is 13.0. The topological polar surface area (TPSA) is 85.5 Å². The summed E-state index contributed by atoms with van der Waals surface area (Å²) in [6, 6.07) is 0. The third-order valence-electron chi connectivity index (χ3n) is 7.55. The summed E-state index contributed by atoms with van der Waals surface area (Å²) < 4.78 is 31.8. The highest BCUT2D eigenvalue weighted by molar-refractivity contribution is 7.13. The van der Waals surface area contributed by atoms with Crippen LogP contribution in [-0.2, 0) is 31.1 Å². The lowest BCUT2D eigenvalue weighted by molar-refractivity contribution is -0.134. The minimum atomic E-state index is -2.57. The van der Waals surface area contributed by atoms with Gasteiger partial charge in [0.2, 0.25) is 0 Å². The zero-order valence-electron chi connectivity index (χ0n) is 20.7. The molecule has 36 heavy (non-hydrogen) atoms. The Hall–Kier alpha value is -2.27. The summed E-state index contributed by atoms with van der Waals surface area (Å²) in [6.07, 6.45) is 10.4. The van der Waals surface area contributed by atoms with Gasteiger partial charge >= 0.3 is 0 Å². The van der Waals surface area contributed by atoms with Crippen LogP contribution in [0.5, 0.6) is 5.19 Å². The van der Waals surface area contributed by atoms with Gasteiger partial charge in [-0.2, -0.15) is 15.0 Å². The van der Waals surface area contributed by atoms with Crippen molar-refractivity contribution in [1.29, 1.82) is 0 Å². The zero-order valence-corrected chi connectivity index (χ0v) is 21.6. The molecule has 0 radical (unpaired) electrons. The lowest BCUT2D eigenvalue weighted by Gasteiger charge is -2.33. The molecule has 2 fully saturated rings. The number of rotatable bonds is 8. The summed E-state index contributed by atoms with van der Waals surface area (Å²) in [4.78, 5) is 26.1. The average molecular weight is 521 g/mol. The Morgan fingerprint density at radius 3 is 2.75 bits per heavy atom. The molecule has 5 rings (SSSR count). The second kappa shape index (κ2) is 11.0. The number of hydrogen-bond donors (Lipinski definition) is 0. The molecule has 0 saturated heterocycles. The molecule has 1 amide bonds. The highest BCUT2D eigenvalue weighted by Crippen LogP contribution is 2.41. The normalized spacial score (nSPS) is 24.9. The second-order valence-corrected chi connectivity index (χ2v) is 11.5. The number of halogens is 2. The van der Waals surface area contributed by atoms with Crippen LogP contribution in [0.3, 0.4) is 0 Å². The molecular formula is C25H34F2N6O2S. The molecule has 3 heterocycles. The van der Waals surface area contributed by atoms with E-state index in [1.807, 2.05) is 6.21 Å². The summed E-state index contributed by atoms with van der Waals surface area (Å²) in [5, 5.41) is 8.67. The van der Waals surface area contributed by atoms with Crippen molar-refractivity contribution < 1.29 is 18.3 Å². The number of aliphatic imine (C=N–C) groups is 1. The Morgan fingerprint density at radius 2 is 2.03 bits per heavy atom. The van der Waals surface area contributed by atoms with E-state index >= 15 is 0 Å². The van der Waals surface area contributed by atoms with Crippen LogP contribution in [0, 0.1) is 11.8 Å². The average Bonchev–Trinajstić information content (AvgIpc) is 3.36. The summed E-state index contributed by atoms with van der Waals surface area (Å²) in [5.41, 5.74) is 1.73. The van der Waals surface area contributed by atoms with Gasteiger partial charge in [0.05, 0.1) is 24.0 Å². The van der Waals surface area contributed by atoms with Gasteiger partial charge in [-0.25, -0.2) is 18.8 Å². The lowest BCUT2D eigenvalue weighted by Crippen LogP contribution is -2.43. The molecule has 196 valence electrons. The largest absolute Gasteiger partial charge is 0.466 e. The lowest BCUT2D eigenvalue weighted by atomic mass is 9.81. The Labute approximate surface area is 214 Å². The SMILES string of the molecule is Cn1ncc(CC(=O)/N=C/C2CCC(CCN3CCc4nc(OC5CC(F)(F)C5)sc4CC3)CC2)n1. The first kappa shape index (κ1) is 25.4. The Morgan fingerprint density at radius 1 is 1.25 bits per heavy atom. The predicted octanol–water partition coefficient (Wildman–Crippen LogP) is 3.89. The number of aromatic nitrogens is 4. The fraction of sp³-hybridized carbons (Fsp3) is 0.720. The van der Waals surface area contributed by atoms with Crippen molar-refractivity contribution in [2.24, 2.45) is 23.9 Å². The maximum atomic E-state index is 13.0. The van der Waals surface area contributed by atoms with Gasteiger partial charge < -0.3 is 9.64 Å². The van der Waals surface area contributed by atoms with E-state index in [9.17, 15) is 13.6 Å². The molecule has 0 unspecified atom stereocenters. The van der Waals surface area contributed by atoms with E-state index in [1.165, 1.54) is 40.3 Å². The van der Waals surface area contributed by atoms with Crippen LogP contribution < -0.4 is 4.74 Å². The van der Waals surface area contributed by atoms with Gasteiger partial charge in [-0.05, 0) is 56.9 Å². The number of hydrogen-bond acceptors (Lipinski definition) is 7. The zero-order chi connectivity index (χ0) is 25.1. The number of carbonyl (C=O) groups is 1. The second-order valence-electron chi connectivity index (χ2n) is 10.4. The predicted molar refractivity (Wildman–Crippen MR) is 133 cm³/mol. The van der Waals surface area contributed by atoms with Crippen LogP contribution in [0.25, 0.3) is 0 Å². The number of alkyl halides is 2. The molecule has 0 aromatic carbocycles. The van der Waals surface area contributed by atoms with E-state index in [1.54, 1.807) is 13.2 Å². The van der Waals surface area contributed by atoms with Crippen molar-refractivity contribution in [3.8, 4) is 5.19 Å². The molecule has 2 aromatic heterocycles. The van der Waals surface area contributed by atoms with E-state index < -0.39 is 12.0 Å². The molecule has 0 atom stereocenters. The minimum Gasteiger partial charge on any atom is -0.466 e. The fourth-order valence-corrected chi connectivity index (χ4v) is 6.35. The third kappa shape index (κ3) is 6.73. The van der Waals surface area contributed by atoms with E-state index in [4.69, 9.17) is 4.74 Å². The molecule has 3 aliphatic rings. The number of amides is 1. The quantitative estimate of drug-likeness (QED) is 0.491. The number of ether oxygens (including phenoxy) is 1. The number of fused-ring (bicyclic) bond motifs is 1. The van der Waals surface area contributed by atoms with Crippen molar-refractivity contribution in [1.82, 2.24) is 24.9 Å². The molecule has 1 aliphatic heterocycles. The van der Waals surface area contributed by atoms with Crippen LogP contribution in [0.2, 0.25) is 0 Å². The van der Waals surface area contributed by atoms with Crippen LogP contribution in [-0.4, -0.2) is 68.7 Å². The van der Waals surface area contributed by atoms with Crippen molar-refractivity contribution in [3.63, 3.8) is 0 Å². The maximum Gasteiger partial charge on any atom is 0.273 e. The van der Waals surface area contributed by atoms with Crippen LogP contribution in [0.4, 0.5) is 8.78 Å². The van der Waals surface area contributed by atoms with E-state index in [0.29, 0.717) is 16.8 Å². The minimum absolute atomic E-state index is 0.162. The summed E-state index contributed by atoms with van der Waals surface area (Å²) in [7, 11) is 1.73. The van der Waals surface area contributed by atoms with Gasteiger partial charge in [0.1, 0.15) is 6.10 Å². The highest BCUT2D eigenvalue weighted by Gasteiger charge is 2.47. The molecular weight excluding hydrogens is 486 g/mol. The molecule has 0 N–H and O–H groups in total. The van der Waals surface area contributed by atoms with Crippen LogP contribution >= 0.6 is 11.3 Å². The summed E-state index contributed by atoms with van der Waals surface area (Å²) in [5.74, 6) is -1.62. The van der Waals surface area contributed by atoms with Crippen molar-refractivity contribution in [2.45, 2.75) is 76.2 Å². The summed E-state index contributed by atoms with van der Waals surface area (Å²) in [6.45, 7) is 3.08. The maximum absolute atomic E-state index is 13.0. The van der Waals surface area contributed by atoms with Gasteiger partial charge in [-0.15, -0.1) is 0 Å². The summed E-state index contributed by atoms with van der Waals surface area (Å²) >= 11 is 1.53. The van der Waals surface area contributed by atoms with Crippen molar-refractivity contribution in [3.05, 3.63) is 22.5 Å². The molecule has 0 bridgehead atoms. The molecule has 8 nitrogen and oxygen atoms in total. The van der Waals surface area contributed by atoms with Gasteiger partial charge in [0, 0.05) is 50.5 Å². The fourth-order valence-electron chi connectivity index (χ4n) is 5.34. The van der Waals surface area contributed by atoms with Gasteiger partial charge in [-0.1, -0.05) is 11.3 Å². The molecule has 2 aromatic rings. The molecule has 2 saturated carbocycles. The number of aryl methyl sites for hydroxylation is 1. The van der Waals surface area contributed by atoms with Crippen LogP contribution in [0.15, 0.2) is 11.2 Å². The van der Waals surface area contributed by atoms with E-state index in [2.05, 4.69) is 25.1 Å². The van der Waals surface area contributed by atoms with Crippen molar-refractivity contribution >= 4 is 23.5 Å². The number of nitrogens with zero attached hydrogens (tertiary/aromatic N) is 6. The number of thiazole rings is 1. The van der Waals surface area contributed by atoms with Gasteiger partial charge in [0.15, 0.2) is 0 Å². The third-order valence-corrected chi connectivity index (χ3v) is 8.60. The molecule has 11 heteroatoms. The Balaban J connectivity index is 0.987. The van der Waals surface area contributed by atoms with Crippen molar-refractivity contribution in [2.75, 3.05) is 19.6 Å². The first-order valence-corrected chi connectivity index (χ1v) is 13.8. The molecule has 2 aliphatic carbocycles.